The zero-order valence-electron chi connectivity index (χ0n) is 10.9. The normalized spacial score (nSPS) is 10.1. The third kappa shape index (κ3) is 2.19. The summed E-state index contributed by atoms with van der Waals surface area (Å²) in [4.78, 5) is 0. The van der Waals surface area contributed by atoms with Gasteiger partial charge >= 0.3 is 0 Å². The molecule has 2 N–H and O–H groups in total. The molecule has 0 aliphatic carbocycles. The van der Waals surface area contributed by atoms with Crippen molar-refractivity contribution in [3.8, 4) is 0 Å². The second-order valence-electron chi connectivity index (χ2n) is 4.20. The molecule has 0 spiro atoms. The second-order valence-corrected chi connectivity index (χ2v) is 4.61. The molecule has 0 unspecified atom stereocenters. The van der Waals surface area contributed by atoms with Crippen LogP contribution in [0.15, 0.2) is 0 Å². The number of anilines is 1. The van der Waals surface area contributed by atoms with Crippen LogP contribution < -0.4 is 10.6 Å². The monoisotopic (exact) mass is 236 g/mol. The Hall–Kier alpha value is -1.09. The van der Waals surface area contributed by atoms with Crippen LogP contribution in [-0.2, 0) is 0 Å². The van der Waals surface area contributed by atoms with Crippen LogP contribution in [0.25, 0.3) is 0 Å². The number of hydrogen-bond donors (Lipinski definition) is 2. The van der Waals surface area contributed by atoms with Gasteiger partial charge in [-0.3, -0.25) is 0 Å². The summed E-state index contributed by atoms with van der Waals surface area (Å²) in [7, 11) is 1.83. The SMILES string of the molecule is CNC(=S)Nc1c(C)c(C)c(C)c(C)c1C. The van der Waals surface area contributed by atoms with Gasteiger partial charge in [-0.15, -0.1) is 0 Å². The average Bonchev–Trinajstić information content (AvgIpc) is 2.29. The Morgan fingerprint density at radius 1 is 0.812 bits per heavy atom. The topological polar surface area (TPSA) is 24.1 Å². The lowest BCUT2D eigenvalue weighted by Crippen LogP contribution is -2.25. The van der Waals surface area contributed by atoms with Gasteiger partial charge in [0.1, 0.15) is 0 Å². The first-order valence-electron chi connectivity index (χ1n) is 5.45. The molecule has 3 heteroatoms. The van der Waals surface area contributed by atoms with E-state index >= 15 is 0 Å². The van der Waals surface area contributed by atoms with E-state index in [0.717, 1.165) is 5.69 Å². The van der Waals surface area contributed by atoms with Crippen LogP contribution in [0.4, 0.5) is 5.69 Å². The smallest absolute Gasteiger partial charge is 0.170 e. The van der Waals surface area contributed by atoms with Crippen LogP contribution in [0.1, 0.15) is 27.8 Å². The Balaban J connectivity index is 3.34. The summed E-state index contributed by atoms with van der Waals surface area (Å²) in [6.07, 6.45) is 0. The summed E-state index contributed by atoms with van der Waals surface area (Å²) >= 11 is 5.15. The maximum Gasteiger partial charge on any atom is 0.170 e. The molecule has 0 bridgehead atoms. The standard InChI is InChI=1S/C13H20N2S/c1-7-8(2)10(4)12(11(5)9(7)3)15-13(16)14-6/h1-6H3,(H2,14,15,16). The minimum atomic E-state index is 0.661. The number of nitrogens with one attached hydrogen (secondary N) is 2. The van der Waals surface area contributed by atoms with Crippen LogP contribution in [-0.4, -0.2) is 12.2 Å². The highest BCUT2D eigenvalue weighted by Crippen LogP contribution is 2.29. The van der Waals surface area contributed by atoms with Crippen LogP contribution in [0, 0.1) is 34.6 Å². The number of rotatable bonds is 1. The van der Waals surface area contributed by atoms with Crippen molar-refractivity contribution in [2.45, 2.75) is 34.6 Å². The molecule has 0 saturated heterocycles. The minimum Gasteiger partial charge on any atom is -0.366 e. The molecule has 2 nitrogen and oxygen atoms in total. The molecule has 0 amide bonds. The second kappa shape index (κ2) is 4.83. The fraction of sp³-hybridized carbons (Fsp3) is 0.462. The molecule has 1 rings (SSSR count). The zero-order valence-corrected chi connectivity index (χ0v) is 11.7. The minimum absolute atomic E-state index is 0.661. The van der Waals surface area contributed by atoms with Gasteiger partial charge in [-0.05, 0) is 74.7 Å². The molecule has 88 valence electrons. The molecule has 0 radical (unpaired) electrons. The lowest BCUT2D eigenvalue weighted by Gasteiger charge is -2.20. The third-order valence-corrected chi connectivity index (χ3v) is 3.77. The molecular formula is C13H20N2S. The largest absolute Gasteiger partial charge is 0.366 e. The van der Waals surface area contributed by atoms with Crippen molar-refractivity contribution < 1.29 is 0 Å². The highest BCUT2D eigenvalue weighted by molar-refractivity contribution is 7.80. The van der Waals surface area contributed by atoms with E-state index in [9.17, 15) is 0 Å². The van der Waals surface area contributed by atoms with E-state index in [2.05, 4.69) is 45.3 Å². The number of thiocarbonyl (C=S) groups is 1. The first-order valence-corrected chi connectivity index (χ1v) is 5.86. The van der Waals surface area contributed by atoms with Gasteiger partial charge in [0.2, 0.25) is 0 Å². The molecular weight excluding hydrogens is 216 g/mol. The Morgan fingerprint density at radius 3 is 1.56 bits per heavy atom. The first-order chi connectivity index (χ1) is 7.40. The summed E-state index contributed by atoms with van der Waals surface area (Å²) < 4.78 is 0. The van der Waals surface area contributed by atoms with Crippen LogP contribution >= 0.6 is 12.2 Å². The van der Waals surface area contributed by atoms with Gasteiger partial charge in [0.15, 0.2) is 5.11 Å². The van der Waals surface area contributed by atoms with Crippen molar-refractivity contribution in [3.63, 3.8) is 0 Å². The molecule has 0 heterocycles. The van der Waals surface area contributed by atoms with E-state index in [1.165, 1.54) is 27.8 Å². The van der Waals surface area contributed by atoms with Crippen molar-refractivity contribution in [3.05, 3.63) is 27.8 Å². The van der Waals surface area contributed by atoms with Crippen LogP contribution in [0.2, 0.25) is 0 Å². The fourth-order valence-electron chi connectivity index (χ4n) is 1.86. The molecule has 0 aliphatic heterocycles. The molecule has 0 aliphatic rings. The Morgan fingerprint density at radius 2 is 1.19 bits per heavy atom. The molecule has 0 fully saturated rings. The van der Waals surface area contributed by atoms with E-state index in [4.69, 9.17) is 12.2 Å². The van der Waals surface area contributed by atoms with Crippen LogP contribution in [0.5, 0.6) is 0 Å². The number of benzene rings is 1. The maximum atomic E-state index is 5.15. The molecule has 0 atom stereocenters. The Kier molecular flexibility index (Phi) is 3.92. The Bertz CT molecular complexity index is 407. The fourth-order valence-corrected chi connectivity index (χ4v) is 1.97. The van der Waals surface area contributed by atoms with Gasteiger partial charge in [0, 0.05) is 12.7 Å². The highest BCUT2D eigenvalue weighted by Gasteiger charge is 2.12. The molecule has 0 aromatic heterocycles. The van der Waals surface area contributed by atoms with Crippen molar-refractivity contribution in [1.29, 1.82) is 0 Å². The van der Waals surface area contributed by atoms with Crippen molar-refractivity contribution in [1.82, 2.24) is 5.32 Å². The van der Waals surface area contributed by atoms with E-state index in [-0.39, 0.29) is 0 Å². The summed E-state index contributed by atoms with van der Waals surface area (Å²) in [5.74, 6) is 0. The van der Waals surface area contributed by atoms with Crippen LogP contribution in [0.3, 0.4) is 0 Å². The predicted molar refractivity (Wildman–Crippen MR) is 75.4 cm³/mol. The zero-order chi connectivity index (χ0) is 12.5. The predicted octanol–water partition coefficient (Wildman–Crippen LogP) is 3.14. The molecule has 1 aromatic carbocycles. The number of hydrogen-bond acceptors (Lipinski definition) is 1. The van der Waals surface area contributed by atoms with Crippen molar-refractivity contribution in [2.24, 2.45) is 0 Å². The van der Waals surface area contributed by atoms with Gasteiger partial charge in [-0.25, -0.2) is 0 Å². The van der Waals surface area contributed by atoms with E-state index < -0.39 is 0 Å². The average molecular weight is 236 g/mol. The lowest BCUT2D eigenvalue weighted by molar-refractivity contribution is 1.16. The van der Waals surface area contributed by atoms with Gasteiger partial charge < -0.3 is 10.6 Å². The van der Waals surface area contributed by atoms with Gasteiger partial charge in [-0.2, -0.15) is 0 Å². The first kappa shape index (κ1) is 13.0. The quantitative estimate of drug-likeness (QED) is 0.733. The molecule has 0 saturated carbocycles. The summed E-state index contributed by atoms with van der Waals surface area (Å²) in [5.41, 5.74) is 7.74. The summed E-state index contributed by atoms with van der Waals surface area (Å²) in [6.45, 7) is 10.8. The van der Waals surface area contributed by atoms with Crippen molar-refractivity contribution >= 4 is 23.0 Å². The molecule has 1 aromatic rings. The van der Waals surface area contributed by atoms with Gasteiger partial charge in [0.25, 0.3) is 0 Å². The van der Waals surface area contributed by atoms with E-state index in [1.807, 2.05) is 7.05 Å². The van der Waals surface area contributed by atoms with Gasteiger partial charge in [0.05, 0.1) is 0 Å². The van der Waals surface area contributed by atoms with E-state index in [0.29, 0.717) is 5.11 Å². The maximum absolute atomic E-state index is 5.15. The Labute approximate surface area is 103 Å². The van der Waals surface area contributed by atoms with Crippen molar-refractivity contribution in [2.75, 3.05) is 12.4 Å². The van der Waals surface area contributed by atoms with E-state index in [1.54, 1.807) is 0 Å². The summed E-state index contributed by atoms with van der Waals surface area (Å²) in [6, 6.07) is 0. The lowest BCUT2D eigenvalue weighted by atomic mass is 9.93. The van der Waals surface area contributed by atoms with Gasteiger partial charge in [-0.1, -0.05) is 0 Å². The third-order valence-electron chi connectivity index (χ3n) is 3.47. The highest BCUT2D eigenvalue weighted by atomic mass is 32.1. The molecule has 16 heavy (non-hydrogen) atoms. The summed E-state index contributed by atoms with van der Waals surface area (Å²) in [5, 5.41) is 6.86.